The van der Waals surface area contributed by atoms with Gasteiger partial charge in [-0.05, 0) is 19.1 Å². The zero-order valence-electron chi connectivity index (χ0n) is 11.8. The molecule has 1 aromatic carbocycles. The number of aromatic nitrogens is 2. The molecule has 0 aliphatic carbocycles. The van der Waals surface area contributed by atoms with Gasteiger partial charge in [-0.1, -0.05) is 12.1 Å². The SMILES string of the molecule is Cc1ncc(CO)c(C=NNc2nc3ccccc3o2)c1O. The molecule has 7 nitrogen and oxygen atoms in total. The Hall–Kier alpha value is -2.93. The molecule has 7 heteroatoms. The first-order valence-corrected chi connectivity index (χ1v) is 6.62. The van der Waals surface area contributed by atoms with Gasteiger partial charge in [-0.15, -0.1) is 0 Å². The van der Waals surface area contributed by atoms with E-state index in [4.69, 9.17) is 4.42 Å². The van der Waals surface area contributed by atoms with Crippen molar-refractivity contribution in [1.82, 2.24) is 9.97 Å². The van der Waals surface area contributed by atoms with E-state index in [1.54, 1.807) is 13.0 Å². The number of nitrogens with zero attached hydrogens (tertiary/aromatic N) is 3. The average molecular weight is 298 g/mol. The molecule has 0 unspecified atom stereocenters. The number of aliphatic hydroxyl groups is 1. The van der Waals surface area contributed by atoms with Crippen LogP contribution in [0.25, 0.3) is 11.1 Å². The van der Waals surface area contributed by atoms with E-state index >= 15 is 0 Å². The van der Waals surface area contributed by atoms with Crippen molar-refractivity contribution in [2.45, 2.75) is 13.5 Å². The lowest BCUT2D eigenvalue weighted by Crippen LogP contribution is -1.99. The van der Waals surface area contributed by atoms with Crippen molar-refractivity contribution >= 4 is 23.3 Å². The van der Waals surface area contributed by atoms with Crippen LogP contribution in [0.2, 0.25) is 0 Å². The smallest absolute Gasteiger partial charge is 0.316 e. The second-order valence-corrected chi connectivity index (χ2v) is 4.65. The number of hydrogen-bond donors (Lipinski definition) is 3. The van der Waals surface area contributed by atoms with Crippen molar-refractivity contribution < 1.29 is 14.6 Å². The Balaban J connectivity index is 1.84. The van der Waals surface area contributed by atoms with E-state index in [1.165, 1.54) is 12.4 Å². The molecule has 0 bridgehead atoms. The number of aliphatic hydroxyl groups excluding tert-OH is 1. The lowest BCUT2D eigenvalue weighted by Gasteiger charge is -2.06. The van der Waals surface area contributed by atoms with Crippen molar-refractivity contribution in [2.75, 3.05) is 5.43 Å². The minimum Gasteiger partial charge on any atom is -0.505 e. The van der Waals surface area contributed by atoms with Crippen LogP contribution in [0.15, 0.2) is 40.0 Å². The van der Waals surface area contributed by atoms with Crippen LogP contribution in [-0.4, -0.2) is 26.4 Å². The van der Waals surface area contributed by atoms with E-state index in [1.807, 2.05) is 18.2 Å². The first kappa shape index (κ1) is 14.0. The highest BCUT2D eigenvalue weighted by Crippen LogP contribution is 2.22. The van der Waals surface area contributed by atoms with Crippen molar-refractivity contribution in [3.05, 3.63) is 47.3 Å². The van der Waals surface area contributed by atoms with Gasteiger partial charge in [0.25, 0.3) is 0 Å². The summed E-state index contributed by atoms with van der Waals surface area (Å²) in [7, 11) is 0. The van der Waals surface area contributed by atoms with Gasteiger partial charge in [-0.25, -0.2) is 5.43 Å². The molecule has 0 saturated carbocycles. The molecule has 0 saturated heterocycles. The molecule has 2 aromatic heterocycles. The molecule has 0 fully saturated rings. The molecule has 0 aliphatic heterocycles. The topological polar surface area (TPSA) is 104 Å². The summed E-state index contributed by atoms with van der Waals surface area (Å²) in [5.41, 5.74) is 5.37. The fourth-order valence-electron chi connectivity index (χ4n) is 1.99. The van der Waals surface area contributed by atoms with E-state index in [9.17, 15) is 10.2 Å². The van der Waals surface area contributed by atoms with Crippen LogP contribution in [0.1, 0.15) is 16.8 Å². The Morgan fingerprint density at radius 1 is 1.36 bits per heavy atom. The monoisotopic (exact) mass is 298 g/mol. The largest absolute Gasteiger partial charge is 0.505 e. The molecule has 3 rings (SSSR count). The maximum atomic E-state index is 9.99. The van der Waals surface area contributed by atoms with Crippen molar-refractivity contribution in [2.24, 2.45) is 5.10 Å². The number of fused-ring (bicyclic) bond motifs is 1. The number of anilines is 1. The van der Waals surface area contributed by atoms with Gasteiger partial charge in [0.2, 0.25) is 0 Å². The van der Waals surface area contributed by atoms with Crippen LogP contribution in [-0.2, 0) is 6.61 Å². The Kier molecular flexibility index (Phi) is 3.71. The molecule has 0 spiro atoms. The number of nitrogens with one attached hydrogen (secondary N) is 1. The number of para-hydroxylation sites is 2. The fraction of sp³-hybridized carbons (Fsp3) is 0.133. The highest BCUT2D eigenvalue weighted by molar-refractivity contribution is 5.86. The Morgan fingerprint density at radius 3 is 2.95 bits per heavy atom. The number of benzene rings is 1. The summed E-state index contributed by atoms with van der Waals surface area (Å²) in [6.45, 7) is 1.42. The molecular formula is C15H14N4O3. The maximum Gasteiger partial charge on any atom is 0.316 e. The van der Waals surface area contributed by atoms with E-state index in [0.717, 1.165) is 5.52 Å². The highest BCUT2D eigenvalue weighted by Gasteiger charge is 2.09. The molecular weight excluding hydrogens is 284 g/mol. The number of aryl methyl sites for hydroxylation is 1. The second-order valence-electron chi connectivity index (χ2n) is 4.65. The van der Waals surface area contributed by atoms with Crippen LogP contribution in [0.4, 0.5) is 6.01 Å². The van der Waals surface area contributed by atoms with E-state index in [-0.39, 0.29) is 18.4 Å². The summed E-state index contributed by atoms with van der Waals surface area (Å²) < 4.78 is 5.46. The molecule has 0 radical (unpaired) electrons. The Morgan fingerprint density at radius 2 is 2.18 bits per heavy atom. The van der Waals surface area contributed by atoms with E-state index < -0.39 is 0 Å². The lowest BCUT2D eigenvalue weighted by molar-refractivity contribution is 0.280. The minimum absolute atomic E-state index is 0.0188. The summed E-state index contributed by atoms with van der Waals surface area (Å²) >= 11 is 0. The normalized spacial score (nSPS) is 11.4. The molecule has 0 aliphatic rings. The van der Waals surface area contributed by atoms with Crippen LogP contribution >= 0.6 is 0 Å². The third-order valence-corrected chi connectivity index (χ3v) is 3.18. The molecule has 0 amide bonds. The average Bonchev–Trinajstić information content (AvgIpc) is 2.94. The Labute approximate surface area is 126 Å². The van der Waals surface area contributed by atoms with Gasteiger partial charge < -0.3 is 14.6 Å². The molecule has 112 valence electrons. The standard InChI is InChI=1S/C15H14N4O3/c1-9-14(21)11(10(8-20)6-16-9)7-17-19-15-18-12-4-2-3-5-13(12)22-15/h2-7,20-21H,8H2,1H3,(H,18,19). The van der Waals surface area contributed by atoms with E-state index in [2.05, 4.69) is 20.5 Å². The van der Waals surface area contributed by atoms with Crippen LogP contribution < -0.4 is 5.43 Å². The summed E-state index contributed by atoms with van der Waals surface area (Å²) in [5.74, 6) is -0.0188. The number of aromatic hydroxyl groups is 1. The van der Waals surface area contributed by atoms with Gasteiger partial charge in [0.05, 0.1) is 18.5 Å². The third-order valence-electron chi connectivity index (χ3n) is 3.18. The first-order valence-electron chi connectivity index (χ1n) is 6.62. The maximum absolute atomic E-state index is 9.99. The predicted molar refractivity (Wildman–Crippen MR) is 81.8 cm³/mol. The van der Waals surface area contributed by atoms with Gasteiger partial charge in [0, 0.05) is 17.3 Å². The van der Waals surface area contributed by atoms with Crippen LogP contribution in [0.5, 0.6) is 5.75 Å². The quantitative estimate of drug-likeness (QED) is 0.504. The van der Waals surface area contributed by atoms with E-state index in [0.29, 0.717) is 22.4 Å². The van der Waals surface area contributed by atoms with Gasteiger partial charge in [-0.2, -0.15) is 10.1 Å². The first-order chi connectivity index (χ1) is 10.7. The molecule has 22 heavy (non-hydrogen) atoms. The fourth-order valence-corrected chi connectivity index (χ4v) is 1.99. The third kappa shape index (κ3) is 2.61. The van der Waals surface area contributed by atoms with Gasteiger partial charge in [0.1, 0.15) is 11.3 Å². The second kappa shape index (κ2) is 5.82. The molecule has 2 heterocycles. The predicted octanol–water partition coefficient (Wildman–Crippen LogP) is 2.18. The minimum atomic E-state index is -0.245. The van der Waals surface area contributed by atoms with Gasteiger partial charge in [0.15, 0.2) is 5.58 Å². The lowest BCUT2D eigenvalue weighted by atomic mass is 10.1. The molecule has 3 aromatic rings. The highest BCUT2D eigenvalue weighted by atomic mass is 16.4. The summed E-state index contributed by atoms with van der Waals surface area (Å²) in [6.07, 6.45) is 2.89. The van der Waals surface area contributed by atoms with Crippen molar-refractivity contribution in [1.29, 1.82) is 0 Å². The summed E-state index contributed by atoms with van der Waals surface area (Å²) in [6, 6.07) is 7.59. The number of hydrazone groups is 1. The van der Waals surface area contributed by atoms with Crippen LogP contribution in [0, 0.1) is 6.92 Å². The zero-order chi connectivity index (χ0) is 15.5. The summed E-state index contributed by atoms with van der Waals surface area (Å²) in [5, 5.41) is 23.3. The molecule has 3 N–H and O–H groups in total. The van der Waals surface area contributed by atoms with Crippen LogP contribution in [0.3, 0.4) is 0 Å². The molecule has 0 atom stereocenters. The van der Waals surface area contributed by atoms with Crippen molar-refractivity contribution in [3.8, 4) is 5.75 Å². The number of rotatable bonds is 4. The van der Waals surface area contributed by atoms with Crippen molar-refractivity contribution in [3.63, 3.8) is 0 Å². The van der Waals surface area contributed by atoms with Gasteiger partial charge >= 0.3 is 6.01 Å². The number of hydrogen-bond acceptors (Lipinski definition) is 7. The van der Waals surface area contributed by atoms with Gasteiger partial charge in [-0.3, -0.25) is 4.98 Å². The Bertz CT molecular complexity index is 809. The zero-order valence-corrected chi connectivity index (χ0v) is 11.8. The summed E-state index contributed by atoms with van der Waals surface area (Å²) in [4.78, 5) is 8.19. The number of pyridine rings is 1. The number of oxazole rings is 1.